The van der Waals surface area contributed by atoms with Crippen LogP contribution in [0.3, 0.4) is 0 Å². The first-order chi connectivity index (χ1) is 15.3. The summed E-state index contributed by atoms with van der Waals surface area (Å²) in [4.78, 5) is 36.7. The molecule has 0 saturated heterocycles. The maximum atomic E-state index is 12.9. The predicted molar refractivity (Wildman–Crippen MR) is 114 cm³/mol. The molecule has 0 aliphatic carbocycles. The molecular weight excluding hydrogens is 439 g/mol. The Balaban J connectivity index is 2.07. The lowest BCUT2D eigenvalue weighted by atomic mass is 10.0. The maximum Gasteiger partial charge on any atom is 0.416 e. The second kappa shape index (κ2) is 10.5. The highest BCUT2D eigenvalue weighted by atomic mass is 19.4. The summed E-state index contributed by atoms with van der Waals surface area (Å²) in [7, 11) is 1.17. The number of benzene rings is 2. The predicted octanol–water partition coefficient (Wildman–Crippen LogP) is 4.10. The maximum absolute atomic E-state index is 12.9. The lowest BCUT2D eigenvalue weighted by molar-refractivity contribution is -0.145. The minimum atomic E-state index is -4.52. The second-order valence-corrected chi connectivity index (χ2v) is 8.42. The van der Waals surface area contributed by atoms with Crippen LogP contribution in [0.1, 0.15) is 47.8 Å². The number of halogens is 3. The van der Waals surface area contributed by atoms with Gasteiger partial charge in [-0.15, -0.1) is 0 Å². The summed E-state index contributed by atoms with van der Waals surface area (Å²) in [5.74, 6) is -1.83. The van der Waals surface area contributed by atoms with E-state index in [0.29, 0.717) is 11.1 Å². The summed E-state index contributed by atoms with van der Waals surface area (Å²) in [6.45, 7) is 5.26. The van der Waals surface area contributed by atoms with Crippen LogP contribution in [0.15, 0.2) is 48.5 Å². The molecule has 2 aromatic carbocycles. The number of carbonyl (C=O) groups is 3. The highest BCUT2D eigenvalue weighted by Crippen LogP contribution is 2.29. The van der Waals surface area contributed by atoms with Gasteiger partial charge in [0.25, 0.3) is 0 Å². The van der Waals surface area contributed by atoms with Gasteiger partial charge >= 0.3 is 18.1 Å². The molecule has 0 spiro atoms. The Hall–Kier alpha value is -3.36. The van der Waals surface area contributed by atoms with Gasteiger partial charge in [-0.1, -0.05) is 30.3 Å². The molecule has 0 aliphatic rings. The van der Waals surface area contributed by atoms with Gasteiger partial charge in [0, 0.05) is 6.42 Å². The van der Waals surface area contributed by atoms with Gasteiger partial charge in [0.05, 0.1) is 24.7 Å². The van der Waals surface area contributed by atoms with Gasteiger partial charge in [-0.2, -0.15) is 13.2 Å². The zero-order valence-electron chi connectivity index (χ0n) is 18.8. The normalized spacial score (nSPS) is 12.6. The molecule has 178 valence electrons. The van der Waals surface area contributed by atoms with E-state index < -0.39 is 41.2 Å². The number of methoxy groups -OCH3 is 1. The van der Waals surface area contributed by atoms with Crippen molar-refractivity contribution in [2.75, 3.05) is 7.11 Å². The zero-order chi connectivity index (χ0) is 24.8. The molecule has 0 heterocycles. The lowest BCUT2D eigenvalue weighted by Gasteiger charge is -2.20. The van der Waals surface area contributed by atoms with Crippen LogP contribution in [0, 0.1) is 0 Å². The number of ether oxygens (including phenoxy) is 2. The van der Waals surface area contributed by atoms with Gasteiger partial charge in [0.2, 0.25) is 5.91 Å². The van der Waals surface area contributed by atoms with Crippen molar-refractivity contribution >= 4 is 17.8 Å². The topological polar surface area (TPSA) is 81.7 Å². The Morgan fingerprint density at radius 3 is 2.15 bits per heavy atom. The van der Waals surface area contributed by atoms with Crippen molar-refractivity contribution in [3.8, 4) is 0 Å². The largest absolute Gasteiger partial charge is 0.467 e. The lowest BCUT2D eigenvalue weighted by Crippen LogP contribution is -2.43. The summed E-state index contributed by atoms with van der Waals surface area (Å²) in [6.07, 6.45) is -4.79. The van der Waals surface area contributed by atoms with Crippen molar-refractivity contribution < 1.29 is 37.0 Å². The van der Waals surface area contributed by atoms with E-state index in [4.69, 9.17) is 9.47 Å². The Kier molecular flexibility index (Phi) is 8.24. The SMILES string of the molecule is COC(=O)[C@@H](Cc1ccc(C(=O)OC(C)(C)C)cc1)NC(=O)Cc1cccc(C(F)(F)F)c1. The van der Waals surface area contributed by atoms with Crippen molar-refractivity contribution in [3.63, 3.8) is 0 Å². The van der Waals surface area contributed by atoms with Crippen LogP contribution < -0.4 is 5.32 Å². The number of nitrogens with one attached hydrogen (secondary N) is 1. The summed E-state index contributed by atoms with van der Waals surface area (Å²) in [5, 5.41) is 2.50. The van der Waals surface area contributed by atoms with Crippen molar-refractivity contribution in [1.82, 2.24) is 5.32 Å². The Morgan fingerprint density at radius 1 is 0.970 bits per heavy atom. The molecule has 0 aliphatic heterocycles. The molecule has 33 heavy (non-hydrogen) atoms. The molecule has 0 radical (unpaired) electrons. The van der Waals surface area contributed by atoms with Crippen molar-refractivity contribution in [3.05, 3.63) is 70.8 Å². The molecule has 6 nitrogen and oxygen atoms in total. The third-order valence-electron chi connectivity index (χ3n) is 4.47. The number of carbonyl (C=O) groups excluding carboxylic acids is 3. The molecule has 1 N–H and O–H groups in total. The van der Waals surface area contributed by atoms with Crippen LogP contribution in [0.2, 0.25) is 0 Å². The van der Waals surface area contributed by atoms with Crippen molar-refractivity contribution in [2.45, 2.75) is 51.4 Å². The Morgan fingerprint density at radius 2 is 1.61 bits per heavy atom. The smallest absolute Gasteiger partial charge is 0.416 e. The number of rotatable bonds is 7. The third-order valence-corrected chi connectivity index (χ3v) is 4.47. The number of amides is 1. The average molecular weight is 465 g/mol. The van der Waals surface area contributed by atoms with E-state index >= 15 is 0 Å². The Bertz CT molecular complexity index is 994. The monoisotopic (exact) mass is 465 g/mol. The van der Waals surface area contributed by atoms with Crippen LogP contribution in [0.5, 0.6) is 0 Å². The Labute approximate surface area is 190 Å². The van der Waals surface area contributed by atoms with E-state index in [9.17, 15) is 27.6 Å². The van der Waals surface area contributed by atoms with E-state index in [1.54, 1.807) is 45.0 Å². The first kappa shape index (κ1) is 25.9. The van der Waals surface area contributed by atoms with Crippen LogP contribution in [-0.2, 0) is 38.1 Å². The molecule has 0 unspecified atom stereocenters. The molecule has 0 saturated carbocycles. The van der Waals surface area contributed by atoms with Crippen molar-refractivity contribution in [2.24, 2.45) is 0 Å². The number of hydrogen-bond acceptors (Lipinski definition) is 5. The van der Waals surface area contributed by atoms with Gasteiger partial charge in [0.15, 0.2) is 0 Å². The van der Waals surface area contributed by atoms with E-state index in [1.165, 1.54) is 19.2 Å². The molecule has 9 heteroatoms. The standard InChI is InChI=1S/C24H26F3NO5/c1-23(2,3)33-21(30)17-10-8-15(9-11-17)13-19(22(31)32-4)28-20(29)14-16-6-5-7-18(12-16)24(25,26)27/h5-12,19H,13-14H2,1-4H3,(H,28,29)/t19-/m1/s1. The zero-order valence-corrected chi connectivity index (χ0v) is 18.8. The molecular formula is C24H26F3NO5. The highest BCUT2D eigenvalue weighted by molar-refractivity contribution is 5.90. The van der Waals surface area contributed by atoms with Crippen molar-refractivity contribution in [1.29, 1.82) is 0 Å². The van der Waals surface area contributed by atoms with Crippen LogP contribution in [0.25, 0.3) is 0 Å². The third kappa shape index (κ3) is 8.25. The molecule has 0 bridgehead atoms. The quantitative estimate of drug-likeness (QED) is 0.623. The molecule has 0 aromatic heterocycles. The summed E-state index contributed by atoms with van der Waals surface area (Å²) >= 11 is 0. The molecule has 1 atom stereocenters. The van der Waals surface area contributed by atoms with Crippen LogP contribution in [0.4, 0.5) is 13.2 Å². The van der Waals surface area contributed by atoms with Gasteiger partial charge in [-0.05, 0) is 50.1 Å². The minimum Gasteiger partial charge on any atom is -0.467 e. The van der Waals surface area contributed by atoms with E-state index in [0.717, 1.165) is 12.1 Å². The van der Waals surface area contributed by atoms with E-state index in [2.05, 4.69) is 5.32 Å². The average Bonchev–Trinajstić information content (AvgIpc) is 2.71. The first-order valence-corrected chi connectivity index (χ1v) is 10.1. The fraction of sp³-hybridized carbons (Fsp3) is 0.375. The van der Waals surface area contributed by atoms with E-state index in [1.807, 2.05) is 0 Å². The number of hydrogen-bond donors (Lipinski definition) is 1. The summed E-state index contributed by atoms with van der Waals surface area (Å²) in [6, 6.07) is 9.70. The van der Waals surface area contributed by atoms with E-state index in [-0.39, 0.29) is 18.4 Å². The van der Waals surface area contributed by atoms with Gasteiger partial charge in [0.1, 0.15) is 11.6 Å². The summed E-state index contributed by atoms with van der Waals surface area (Å²) in [5.41, 5.74) is -0.376. The molecule has 1 amide bonds. The van der Waals surface area contributed by atoms with Crippen LogP contribution >= 0.6 is 0 Å². The fourth-order valence-corrected chi connectivity index (χ4v) is 2.97. The second-order valence-electron chi connectivity index (χ2n) is 8.42. The van der Waals surface area contributed by atoms with Crippen LogP contribution in [-0.4, -0.2) is 36.6 Å². The van der Waals surface area contributed by atoms with Gasteiger partial charge in [-0.3, -0.25) is 4.79 Å². The first-order valence-electron chi connectivity index (χ1n) is 10.1. The number of alkyl halides is 3. The minimum absolute atomic E-state index is 0.0651. The number of esters is 2. The molecule has 2 aromatic rings. The van der Waals surface area contributed by atoms with Gasteiger partial charge in [-0.25, -0.2) is 9.59 Å². The van der Waals surface area contributed by atoms with Gasteiger partial charge < -0.3 is 14.8 Å². The highest BCUT2D eigenvalue weighted by Gasteiger charge is 2.30. The fourth-order valence-electron chi connectivity index (χ4n) is 2.97. The molecule has 2 rings (SSSR count). The summed E-state index contributed by atoms with van der Waals surface area (Å²) < 4.78 is 48.7. The molecule has 0 fully saturated rings.